The molecule has 1 fully saturated rings. The van der Waals surface area contributed by atoms with Crippen LogP contribution in [0.2, 0.25) is 0 Å². The average Bonchev–Trinajstić information content (AvgIpc) is 3.33. The van der Waals surface area contributed by atoms with Crippen LogP contribution in [-0.4, -0.2) is 44.7 Å². The maximum Gasteiger partial charge on any atom is 0.340 e. The summed E-state index contributed by atoms with van der Waals surface area (Å²) in [4.78, 5) is 37.3. The van der Waals surface area contributed by atoms with Crippen LogP contribution in [0.15, 0.2) is 34.9 Å². The van der Waals surface area contributed by atoms with E-state index in [1.54, 1.807) is 6.07 Å². The van der Waals surface area contributed by atoms with Gasteiger partial charge in [0.05, 0.1) is 31.7 Å². The molecule has 1 saturated carbocycles. The van der Waals surface area contributed by atoms with E-state index in [-0.39, 0.29) is 34.7 Å². The van der Waals surface area contributed by atoms with Crippen molar-refractivity contribution in [2.75, 3.05) is 26.1 Å². The molecule has 0 saturated heterocycles. The Bertz CT molecular complexity index is 918. The highest BCUT2D eigenvalue weighted by Gasteiger charge is 2.22. The number of anilines is 1. The fourth-order valence-corrected chi connectivity index (χ4v) is 3.47. The van der Waals surface area contributed by atoms with E-state index in [9.17, 15) is 14.4 Å². The first-order chi connectivity index (χ1) is 15.0. The maximum absolute atomic E-state index is 12.7. The monoisotopic (exact) mass is 430 g/mol. The van der Waals surface area contributed by atoms with Crippen LogP contribution >= 0.6 is 0 Å². The molecular weight excluding hydrogens is 404 g/mol. The zero-order valence-corrected chi connectivity index (χ0v) is 17.6. The molecule has 1 aromatic heterocycles. The molecule has 2 aromatic rings. The lowest BCUT2D eigenvalue weighted by Gasteiger charge is -2.22. The Kier molecular flexibility index (Phi) is 7.53. The fraction of sp³-hybridized carbons (Fsp3) is 0.409. The van der Waals surface area contributed by atoms with Gasteiger partial charge in [-0.15, -0.1) is 0 Å². The van der Waals surface area contributed by atoms with Crippen molar-refractivity contribution in [1.29, 1.82) is 0 Å². The Hall–Kier alpha value is -3.49. The summed E-state index contributed by atoms with van der Waals surface area (Å²) in [6.07, 6.45) is 6.55. The van der Waals surface area contributed by atoms with Crippen LogP contribution in [-0.2, 0) is 9.53 Å². The number of rotatable bonds is 8. The molecule has 31 heavy (non-hydrogen) atoms. The lowest BCUT2D eigenvalue weighted by molar-refractivity contribution is -0.125. The minimum absolute atomic E-state index is 0.0167. The first kappa shape index (κ1) is 22.2. The van der Waals surface area contributed by atoms with Gasteiger partial charge in [0.2, 0.25) is 0 Å². The van der Waals surface area contributed by atoms with Crippen LogP contribution in [0.5, 0.6) is 11.5 Å². The molecular formula is C22H26N2O7. The van der Waals surface area contributed by atoms with Crippen LogP contribution in [0.25, 0.3) is 0 Å². The predicted octanol–water partition coefficient (Wildman–Crippen LogP) is 3.15. The molecule has 0 radical (unpaired) electrons. The van der Waals surface area contributed by atoms with Crippen molar-refractivity contribution in [2.45, 2.75) is 38.1 Å². The first-order valence-corrected chi connectivity index (χ1v) is 10.1. The third-order valence-corrected chi connectivity index (χ3v) is 5.04. The van der Waals surface area contributed by atoms with Gasteiger partial charge in [0.1, 0.15) is 0 Å². The highest BCUT2D eigenvalue weighted by Crippen LogP contribution is 2.34. The van der Waals surface area contributed by atoms with E-state index in [4.69, 9.17) is 18.6 Å². The van der Waals surface area contributed by atoms with Crippen molar-refractivity contribution in [3.63, 3.8) is 0 Å². The second-order valence-electron chi connectivity index (χ2n) is 7.16. The van der Waals surface area contributed by atoms with Gasteiger partial charge in [0.15, 0.2) is 23.9 Å². The summed E-state index contributed by atoms with van der Waals surface area (Å²) in [6.45, 7) is -0.421. The van der Waals surface area contributed by atoms with Crippen molar-refractivity contribution >= 4 is 23.5 Å². The molecule has 1 aliphatic rings. The van der Waals surface area contributed by atoms with E-state index in [1.165, 1.54) is 45.1 Å². The lowest BCUT2D eigenvalue weighted by Crippen LogP contribution is -2.38. The predicted molar refractivity (Wildman–Crippen MR) is 112 cm³/mol. The van der Waals surface area contributed by atoms with E-state index >= 15 is 0 Å². The summed E-state index contributed by atoms with van der Waals surface area (Å²) in [7, 11) is 2.86. The van der Waals surface area contributed by atoms with Gasteiger partial charge < -0.3 is 29.3 Å². The summed E-state index contributed by atoms with van der Waals surface area (Å²) in [6, 6.07) is 6.01. The third-order valence-electron chi connectivity index (χ3n) is 5.04. The number of carbonyl (C=O) groups is 3. The normalized spacial score (nSPS) is 13.9. The number of benzene rings is 1. The Morgan fingerprint density at radius 1 is 1.06 bits per heavy atom. The second-order valence-corrected chi connectivity index (χ2v) is 7.16. The van der Waals surface area contributed by atoms with Gasteiger partial charge in [-0.3, -0.25) is 9.59 Å². The molecule has 2 N–H and O–H groups in total. The van der Waals surface area contributed by atoms with E-state index < -0.39 is 18.5 Å². The Morgan fingerprint density at radius 3 is 2.42 bits per heavy atom. The first-order valence-electron chi connectivity index (χ1n) is 10.1. The summed E-state index contributed by atoms with van der Waals surface area (Å²) < 4.78 is 20.8. The van der Waals surface area contributed by atoms with Crippen molar-refractivity contribution in [2.24, 2.45) is 0 Å². The van der Waals surface area contributed by atoms with Crippen molar-refractivity contribution in [3.05, 3.63) is 41.9 Å². The number of nitrogens with one attached hydrogen (secondary N) is 2. The van der Waals surface area contributed by atoms with Crippen molar-refractivity contribution in [3.8, 4) is 11.5 Å². The zero-order chi connectivity index (χ0) is 22.2. The van der Waals surface area contributed by atoms with Crippen LogP contribution in [0, 0.1) is 0 Å². The molecule has 9 nitrogen and oxygen atoms in total. The number of amides is 2. The molecule has 2 amide bonds. The van der Waals surface area contributed by atoms with E-state index in [1.807, 2.05) is 0 Å². The smallest absolute Gasteiger partial charge is 0.340 e. The van der Waals surface area contributed by atoms with Crippen LogP contribution in [0.4, 0.5) is 5.69 Å². The topological polar surface area (TPSA) is 116 Å². The standard InChI is InChI=1S/C22H26N2O7/c1-28-18-11-15(22(27)31-13-20(25)23-14-7-4-3-5-8-14)16(12-19(18)29-2)24-21(26)17-9-6-10-30-17/h6,9-12,14H,3-5,7-8,13H2,1-2H3,(H,23,25)(H,24,26). The minimum Gasteiger partial charge on any atom is -0.493 e. The molecule has 0 atom stereocenters. The van der Waals surface area contributed by atoms with Gasteiger partial charge in [-0.2, -0.15) is 0 Å². The zero-order valence-electron chi connectivity index (χ0n) is 17.6. The van der Waals surface area contributed by atoms with Crippen LogP contribution < -0.4 is 20.1 Å². The Balaban J connectivity index is 1.73. The van der Waals surface area contributed by atoms with Gasteiger partial charge >= 0.3 is 5.97 Å². The quantitative estimate of drug-likeness (QED) is 0.618. The summed E-state index contributed by atoms with van der Waals surface area (Å²) in [5.74, 6) is -1.04. The van der Waals surface area contributed by atoms with E-state index in [0.717, 1.165) is 25.7 Å². The number of ether oxygens (including phenoxy) is 3. The van der Waals surface area contributed by atoms with Gasteiger partial charge in [-0.1, -0.05) is 19.3 Å². The van der Waals surface area contributed by atoms with Gasteiger partial charge in [0.25, 0.3) is 11.8 Å². The number of methoxy groups -OCH3 is 2. The number of hydrogen-bond donors (Lipinski definition) is 2. The molecule has 0 aliphatic heterocycles. The number of hydrogen-bond acceptors (Lipinski definition) is 7. The molecule has 0 unspecified atom stereocenters. The van der Waals surface area contributed by atoms with E-state index in [2.05, 4.69) is 10.6 Å². The molecule has 1 heterocycles. The third kappa shape index (κ3) is 5.78. The van der Waals surface area contributed by atoms with E-state index in [0.29, 0.717) is 5.75 Å². The highest BCUT2D eigenvalue weighted by molar-refractivity contribution is 6.07. The lowest BCUT2D eigenvalue weighted by atomic mass is 9.95. The molecule has 9 heteroatoms. The molecule has 166 valence electrons. The second kappa shape index (κ2) is 10.5. The maximum atomic E-state index is 12.7. The molecule has 3 rings (SSSR count). The Labute approximate surface area is 180 Å². The van der Waals surface area contributed by atoms with Crippen LogP contribution in [0.1, 0.15) is 53.0 Å². The molecule has 0 spiro atoms. The number of furan rings is 1. The van der Waals surface area contributed by atoms with Crippen molar-refractivity contribution < 1.29 is 33.0 Å². The Morgan fingerprint density at radius 2 is 1.77 bits per heavy atom. The summed E-state index contributed by atoms with van der Waals surface area (Å²) in [5.41, 5.74) is 0.153. The number of carbonyl (C=O) groups excluding carboxylic acids is 3. The van der Waals surface area contributed by atoms with Crippen LogP contribution in [0.3, 0.4) is 0 Å². The van der Waals surface area contributed by atoms with Crippen molar-refractivity contribution in [1.82, 2.24) is 5.32 Å². The SMILES string of the molecule is COc1cc(NC(=O)c2ccco2)c(C(=O)OCC(=O)NC2CCCCC2)cc1OC. The van der Waals surface area contributed by atoms with Gasteiger partial charge in [-0.05, 0) is 25.0 Å². The molecule has 0 bridgehead atoms. The number of esters is 1. The molecule has 1 aliphatic carbocycles. The summed E-state index contributed by atoms with van der Waals surface area (Å²) >= 11 is 0. The largest absolute Gasteiger partial charge is 0.493 e. The highest BCUT2D eigenvalue weighted by atomic mass is 16.5. The van der Waals surface area contributed by atoms with Gasteiger partial charge in [-0.25, -0.2) is 4.79 Å². The fourth-order valence-electron chi connectivity index (χ4n) is 3.47. The minimum atomic E-state index is -0.783. The van der Waals surface area contributed by atoms with Gasteiger partial charge in [0, 0.05) is 18.2 Å². The average molecular weight is 430 g/mol. The molecule has 1 aromatic carbocycles. The summed E-state index contributed by atoms with van der Waals surface area (Å²) in [5, 5.41) is 5.49.